The SMILES string of the molecule is C[C@H]1CN([C@@H](C)CO)C(=O)Cc2cc(NS(=O)(=O)c3ccccc3)ccc2O[C@H]1CN(C)C(=O)Nc1ccccc1. The number of carbonyl (C=O) groups excluding carboxylic acids is 2. The number of amides is 3. The number of aliphatic hydroxyl groups excluding tert-OH is 1. The van der Waals surface area contributed by atoms with Crippen molar-refractivity contribution in [2.45, 2.75) is 37.3 Å². The Balaban J connectivity index is 1.62. The highest BCUT2D eigenvalue weighted by molar-refractivity contribution is 7.92. The summed E-state index contributed by atoms with van der Waals surface area (Å²) in [7, 11) is -2.18. The third-order valence-corrected chi connectivity index (χ3v) is 8.44. The van der Waals surface area contributed by atoms with E-state index in [0.29, 0.717) is 23.5 Å². The van der Waals surface area contributed by atoms with Gasteiger partial charge in [0.1, 0.15) is 11.9 Å². The van der Waals surface area contributed by atoms with Gasteiger partial charge in [-0.1, -0.05) is 43.3 Å². The number of fused-ring (bicyclic) bond motifs is 1. The molecule has 1 aliphatic rings. The molecule has 1 aliphatic heterocycles. The summed E-state index contributed by atoms with van der Waals surface area (Å²) in [5, 5.41) is 12.7. The molecule has 3 atom stereocenters. The van der Waals surface area contributed by atoms with Gasteiger partial charge in [0.15, 0.2) is 0 Å². The van der Waals surface area contributed by atoms with Crippen molar-refractivity contribution in [2.24, 2.45) is 5.92 Å². The average molecular weight is 581 g/mol. The maximum Gasteiger partial charge on any atom is 0.321 e. The highest BCUT2D eigenvalue weighted by Crippen LogP contribution is 2.30. The predicted molar refractivity (Wildman–Crippen MR) is 157 cm³/mol. The summed E-state index contributed by atoms with van der Waals surface area (Å²) in [5.74, 6) is -0.00231. The van der Waals surface area contributed by atoms with Gasteiger partial charge in [-0.25, -0.2) is 13.2 Å². The number of para-hydroxylation sites is 1. The van der Waals surface area contributed by atoms with Gasteiger partial charge in [-0.2, -0.15) is 0 Å². The van der Waals surface area contributed by atoms with Crippen molar-refractivity contribution in [3.05, 3.63) is 84.4 Å². The molecule has 0 saturated heterocycles. The minimum Gasteiger partial charge on any atom is -0.488 e. The molecule has 1 heterocycles. The van der Waals surface area contributed by atoms with E-state index in [1.54, 1.807) is 67.4 Å². The Morgan fingerprint density at radius 2 is 1.73 bits per heavy atom. The van der Waals surface area contributed by atoms with Crippen LogP contribution in [0.1, 0.15) is 19.4 Å². The molecule has 0 radical (unpaired) electrons. The topological polar surface area (TPSA) is 128 Å². The lowest BCUT2D eigenvalue weighted by Crippen LogP contribution is -2.48. The standard InChI is InChI=1S/C30H36N4O6S/c1-21-18-34(22(2)20-35)29(36)17-23-16-25(32-41(38,39)26-12-8-5-9-13-26)14-15-27(23)40-28(21)19-33(3)30(37)31-24-10-6-4-7-11-24/h4-16,21-22,28,32,35H,17-20H2,1-3H3,(H,31,37)/t21-,22-,28-/m0/s1. The minimum atomic E-state index is -3.85. The van der Waals surface area contributed by atoms with Crippen molar-refractivity contribution in [1.82, 2.24) is 9.80 Å². The van der Waals surface area contributed by atoms with Crippen molar-refractivity contribution in [3.63, 3.8) is 0 Å². The third kappa shape index (κ3) is 7.56. The number of nitrogens with one attached hydrogen (secondary N) is 2. The number of likely N-dealkylation sites (N-methyl/N-ethyl adjacent to an activating group) is 1. The number of hydrogen-bond acceptors (Lipinski definition) is 6. The fraction of sp³-hybridized carbons (Fsp3) is 0.333. The second-order valence-corrected chi connectivity index (χ2v) is 12.0. The lowest BCUT2D eigenvalue weighted by atomic mass is 10.0. The molecule has 3 N–H and O–H groups in total. The Kier molecular flexibility index (Phi) is 9.51. The molecule has 218 valence electrons. The smallest absolute Gasteiger partial charge is 0.321 e. The minimum absolute atomic E-state index is 0.0512. The van der Waals surface area contributed by atoms with E-state index in [1.807, 2.05) is 25.1 Å². The first-order valence-corrected chi connectivity index (χ1v) is 14.9. The molecule has 0 fully saturated rings. The number of nitrogens with zero attached hydrogens (tertiary/aromatic N) is 2. The number of aliphatic hydroxyl groups is 1. The van der Waals surface area contributed by atoms with Crippen LogP contribution in [0.25, 0.3) is 0 Å². The number of carbonyl (C=O) groups is 2. The van der Waals surface area contributed by atoms with Crippen molar-refractivity contribution < 1.29 is 27.9 Å². The Labute approximate surface area is 241 Å². The summed E-state index contributed by atoms with van der Waals surface area (Å²) in [6.07, 6.45) is -0.559. The molecule has 10 nitrogen and oxygen atoms in total. The van der Waals surface area contributed by atoms with E-state index in [0.717, 1.165) is 0 Å². The largest absolute Gasteiger partial charge is 0.488 e. The summed E-state index contributed by atoms with van der Waals surface area (Å²) >= 11 is 0. The zero-order valence-electron chi connectivity index (χ0n) is 23.4. The molecule has 0 aromatic heterocycles. The Morgan fingerprint density at radius 1 is 1.07 bits per heavy atom. The molecule has 41 heavy (non-hydrogen) atoms. The first kappa shape index (κ1) is 29.9. The first-order chi connectivity index (χ1) is 19.6. The summed E-state index contributed by atoms with van der Waals surface area (Å²) in [5.41, 5.74) is 1.44. The summed E-state index contributed by atoms with van der Waals surface area (Å²) in [6, 6.07) is 21.2. The van der Waals surface area contributed by atoms with Crippen LogP contribution in [-0.2, 0) is 21.2 Å². The monoisotopic (exact) mass is 580 g/mol. The molecule has 0 spiro atoms. The van der Waals surface area contributed by atoms with E-state index < -0.39 is 22.2 Å². The molecule has 3 aromatic carbocycles. The van der Waals surface area contributed by atoms with Crippen LogP contribution >= 0.6 is 0 Å². The number of sulfonamides is 1. The number of benzene rings is 3. The van der Waals surface area contributed by atoms with E-state index in [2.05, 4.69) is 10.0 Å². The summed E-state index contributed by atoms with van der Waals surface area (Å²) in [6.45, 7) is 4.01. The highest BCUT2D eigenvalue weighted by atomic mass is 32.2. The first-order valence-electron chi connectivity index (χ1n) is 13.4. The Hall–Kier alpha value is -4.09. The summed E-state index contributed by atoms with van der Waals surface area (Å²) in [4.78, 5) is 29.6. The van der Waals surface area contributed by atoms with E-state index in [-0.39, 0.29) is 48.0 Å². The van der Waals surface area contributed by atoms with Crippen molar-refractivity contribution in [1.29, 1.82) is 0 Å². The van der Waals surface area contributed by atoms with Crippen LogP contribution in [0.3, 0.4) is 0 Å². The fourth-order valence-corrected chi connectivity index (χ4v) is 5.69. The van der Waals surface area contributed by atoms with Gasteiger partial charge in [-0.05, 0) is 49.4 Å². The van der Waals surface area contributed by atoms with Gasteiger partial charge >= 0.3 is 6.03 Å². The number of urea groups is 1. The van der Waals surface area contributed by atoms with Crippen molar-refractivity contribution in [3.8, 4) is 5.75 Å². The number of rotatable bonds is 8. The van der Waals surface area contributed by atoms with Gasteiger partial charge in [-0.3, -0.25) is 9.52 Å². The summed E-state index contributed by atoms with van der Waals surface area (Å²) < 4.78 is 34.8. The molecular formula is C30H36N4O6S. The molecule has 3 aromatic rings. The number of anilines is 2. The quantitative estimate of drug-likeness (QED) is 0.372. The Morgan fingerprint density at radius 3 is 2.39 bits per heavy atom. The van der Waals surface area contributed by atoms with E-state index in [1.165, 1.54) is 17.0 Å². The normalized spacial score (nSPS) is 18.1. The molecule has 11 heteroatoms. The maximum absolute atomic E-state index is 13.4. The zero-order valence-corrected chi connectivity index (χ0v) is 24.2. The zero-order chi connectivity index (χ0) is 29.6. The second-order valence-electron chi connectivity index (χ2n) is 10.3. The fourth-order valence-electron chi connectivity index (χ4n) is 4.62. The van der Waals surface area contributed by atoms with Gasteiger partial charge in [0.05, 0.1) is 30.5 Å². The van der Waals surface area contributed by atoms with Crippen LogP contribution in [-0.4, -0.2) is 74.2 Å². The van der Waals surface area contributed by atoms with Gasteiger partial charge in [0.25, 0.3) is 10.0 Å². The van der Waals surface area contributed by atoms with Crippen molar-refractivity contribution in [2.75, 3.05) is 36.8 Å². The molecule has 0 aliphatic carbocycles. The van der Waals surface area contributed by atoms with Crippen LogP contribution in [0.5, 0.6) is 5.75 Å². The van der Waals surface area contributed by atoms with Crippen molar-refractivity contribution >= 4 is 33.3 Å². The molecule has 0 unspecified atom stereocenters. The Bertz CT molecular complexity index is 1450. The number of hydrogen-bond donors (Lipinski definition) is 3. The van der Waals surface area contributed by atoms with E-state index in [4.69, 9.17) is 4.74 Å². The van der Waals surface area contributed by atoms with Crippen LogP contribution < -0.4 is 14.8 Å². The molecule has 0 bridgehead atoms. The second kappa shape index (κ2) is 13.0. The predicted octanol–water partition coefficient (Wildman–Crippen LogP) is 3.80. The third-order valence-electron chi connectivity index (χ3n) is 7.05. The van der Waals surface area contributed by atoms with Crippen LogP contribution in [0.15, 0.2) is 83.8 Å². The van der Waals surface area contributed by atoms with Gasteiger partial charge < -0.3 is 25.0 Å². The molecular weight excluding hydrogens is 544 g/mol. The van der Waals surface area contributed by atoms with E-state index in [9.17, 15) is 23.1 Å². The van der Waals surface area contributed by atoms with Crippen LogP contribution in [0.4, 0.5) is 16.2 Å². The van der Waals surface area contributed by atoms with Gasteiger partial charge in [0, 0.05) is 36.4 Å². The lowest BCUT2D eigenvalue weighted by Gasteiger charge is -2.34. The van der Waals surface area contributed by atoms with Gasteiger partial charge in [-0.15, -0.1) is 0 Å². The van der Waals surface area contributed by atoms with Crippen LogP contribution in [0, 0.1) is 5.92 Å². The molecule has 4 rings (SSSR count). The molecule has 3 amide bonds. The maximum atomic E-state index is 13.4. The van der Waals surface area contributed by atoms with Crippen LogP contribution in [0.2, 0.25) is 0 Å². The average Bonchev–Trinajstić information content (AvgIpc) is 3.01. The lowest BCUT2D eigenvalue weighted by molar-refractivity contribution is -0.134. The van der Waals surface area contributed by atoms with E-state index >= 15 is 0 Å². The van der Waals surface area contributed by atoms with Gasteiger partial charge in [0.2, 0.25) is 5.91 Å². The molecule has 0 saturated carbocycles. The highest BCUT2D eigenvalue weighted by Gasteiger charge is 2.32. The number of ether oxygens (including phenoxy) is 1.